The van der Waals surface area contributed by atoms with Gasteiger partial charge in [-0.3, -0.25) is 9.59 Å². The van der Waals surface area contributed by atoms with Crippen LogP contribution >= 0.6 is 0 Å². The maximum Gasteiger partial charge on any atom is 0.306 e. The summed E-state index contributed by atoms with van der Waals surface area (Å²) in [4.78, 5) is 27.2. The van der Waals surface area contributed by atoms with Gasteiger partial charge >= 0.3 is 11.9 Å². The lowest BCUT2D eigenvalue weighted by Gasteiger charge is -2.31. The first-order valence-corrected chi connectivity index (χ1v) is 22.6. The van der Waals surface area contributed by atoms with Crippen molar-refractivity contribution in [2.75, 3.05) is 39.5 Å². The van der Waals surface area contributed by atoms with Crippen molar-refractivity contribution in [3.63, 3.8) is 0 Å². The lowest BCUT2D eigenvalue weighted by Crippen LogP contribution is -2.39. The molecule has 2 saturated heterocycles. The molecule has 2 aliphatic rings. The topological polar surface area (TPSA) is 74.3 Å². The summed E-state index contributed by atoms with van der Waals surface area (Å²) >= 11 is 0. The number of likely N-dealkylation sites (tertiary alicyclic amines) is 1. The average molecular weight is 756 g/mol. The van der Waals surface area contributed by atoms with Crippen LogP contribution in [0.15, 0.2) is 29.8 Å². The summed E-state index contributed by atoms with van der Waals surface area (Å²) in [5.74, 6) is -0.0217. The molecular formula is C47H81NO6. The Morgan fingerprint density at radius 1 is 0.759 bits per heavy atom. The molecule has 0 bridgehead atoms. The normalized spacial score (nSPS) is 19.7. The van der Waals surface area contributed by atoms with Gasteiger partial charge in [0.25, 0.3) is 0 Å². The van der Waals surface area contributed by atoms with Gasteiger partial charge in [0.1, 0.15) is 0 Å². The zero-order valence-electron chi connectivity index (χ0n) is 35.2. The molecule has 310 valence electrons. The summed E-state index contributed by atoms with van der Waals surface area (Å²) in [7, 11) is 0. The minimum absolute atomic E-state index is 0.0281. The van der Waals surface area contributed by atoms with Crippen molar-refractivity contribution in [2.24, 2.45) is 11.8 Å². The van der Waals surface area contributed by atoms with Gasteiger partial charge in [-0.15, -0.1) is 0 Å². The van der Waals surface area contributed by atoms with E-state index in [1.807, 2.05) is 6.08 Å². The van der Waals surface area contributed by atoms with E-state index in [0.29, 0.717) is 38.6 Å². The van der Waals surface area contributed by atoms with Crippen LogP contribution in [0.2, 0.25) is 0 Å². The van der Waals surface area contributed by atoms with Crippen LogP contribution in [0.5, 0.6) is 0 Å². The van der Waals surface area contributed by atoms with Crippen molar-refractivity contribution in [3.05, 3.63) is 29.8 Å². The fourth-order valence-corrected chi connectivity index (χ4v) is 7.88. The van der Waals surface area contributed by atoms with E-state index in [2.05, 4.69) is 49.4 Å². The molecular weight excluding hydrogens is 675 g/mol. The van der Waals surface area contributed by atoms with Gasteiger partial charge in [0.05, 0.1) is 32.3 Å². The lowest BCUT2D eigenvalue weighted by atomic mass is 9.98. The van der Waals surface area contributed by atoms with E-state index in [-0.39, 0.29) is 24.0 Å². The fraction of sp³-hybridized carbons (Fsp3) is 0.851. The minimum Gasteiger partial charge on any atom is -0.466 e. The van der Waals surface area contributed by atoms with Crippen molar-refractivity contribution in [2.45, 2.75) is 206 Å². The van der Waals surface area contributed by atoms with E-state index >= 15 is 0 Å². The van der Waals surface area contributed by atoms with Gasteiger partial charge in [0, 0.05) is 25.8 Å². The number of unbranched alkanes of at least 4 members (excludes halogenated alkanes) is 14. The Balaban J connectivity index is 1.62. The van der Waals surface area contributed by atoms with Crippen LogP contribution in [0, 0.1) is 11.8 Å². The second-order valence-electron chi connectivity index (χ2n) is 16.4. The van der Waals surface area contributed by atoms with E-state index in [0.717, 1.165) is 90.0 Å². The summed E-state index contributed by atoms with van der Waals surface area (Å²) in [6, 6.07) is 0. The third kappa shape index (κ3) is 24.4. The quantitative estimate of drug-likeness (QED) is 0.0375. The summed E-state index contributed by atoms with van der Waals surface area (Å²) < 4.78 is 24.4. The third-order valence-electron chi connectivity index (χ3n) is 11.2. The smallest absolute Gasteiger partial charge is 0.306 e. The van der Waals surface area contributed by atoms with Gasteiger partial charge < -0.3 is 23.8 Å². The van der Waals surface area contributed by atoms with Gasteiger partial charge in [0.2, 0.25) is 0 Å². The Bertz CT molecular complexity index is 1080. The number of carbonyl (C=O) groups excluding carboxylic acids is 2. The Hall–Kier alpha value is -2.10. The van der Waals surface area contributed by atoms with Crippen molar-refractivity contribution in [3.8, 4) is 0 Å². The molecule has 4 atom stereocenters. The summed E-state index contributed by atoms with van der Waals surface area (Å²) in [5.41, 5.74) is 8.28. The summed E-state index contributed by atoms with van der Waals surface area (Å²) in [5, 5.41) is 0. The fourth-order valence-electron chi connectivity index (χ4n) is 7.88. The molecule has 2 aliphatic heterocycles. The Morgan fingerprint density at radius 3 is 1.91 bits per heavy atom. The van der Waals surface area contributed by atoms with Gasteiger partial charge in [0.15, 0.2) is 5.79 Å². The van der Waals surface area contributed by atoms with Crippen molar-refractivity contribution in [1.82, 2.24) is 4.90 Å². The zero-order valence-corrected chi connectivity index (χ0v) is 35.2. The van der Waals surface area contributed by atoms with Crippen LogP contribution in [0.3, 0.4) is 0 Å². The molecule has 2 heterocycles. The van der Waals surface area contributed by atoms with E-state index in [1.54, 1.807) is 0 Å². The molecule has 7 nitrogen and oxygen atoms in total. The maximum atomic E-state index is 12.5. The molecule has 0 N–H and O–H groups in total. The van der Waals surface area contributed by atoms with Crippen LogP contribution in [0.4, 0.5) is 0 Å². The second-order valence-corrected chi connectivity index (χ2v) is 16.4. The van der Waals surface area contributed by atoms with Crippen LogP contribution in [-0.2, 0) is 28.5 Å². The first-order valence-electron chi connectivity index (χ1n) is 22.6. The Kier molecular flexibility index (Phi) is 28.5. The monoisotopic (exact) mass is 756 g/mol. The molecule has 2 fully saturated rings. The molecule has 0 aliphatic carbocycles. The average Bonchev–Trinajstić information content (AvgIpc) is 3.56. The van der Waals surface area contributed by atoms with E-state index in [4.69, 9.17) is 18.9 Å². The molecule has 7 heteroatoms. The molecule has 0 spiro atoms. The van der Waals surface area contributed by atoms with E-state index in [1.165, 1.54) is 90.1 Å². The maximum absolute atomic E-state index is 12.5. The van der Waals surface area contributed by atoms with E-state index < -0.39 is 5.79 Å². The van der Waals surface area contributed by atoms with Gasteiger partial charge in [-0.25, -0.2) is 0 Å². The molecule has 0 aromatic carbocycles. The number of piperidine rings is 1. The zero-order chi connectivity index (χ0) is 39.0. The molecule has 0 radical (unpaired) electrons. The van der Waals surface area contributed by atoms with E-state index in [9.17, 15) is 9.59 Å². The molecule has 4 unspecified atom stereocenters. The Labute approximate surface area is 331 Å². The largest absolute Gasteiger partial charge is 0.466 e. The van der Waals surface area contributed by atoms with Gasteiger partial charge in [-0.2, -0.15) is 0 Å². The number of allylic oxidation sites excluding steroid dienone is 1. The van der Waals surface area contributed by atoms with Gasteiger partial charge in [-0.1, -0.05) is 135 Å². The highest BCUT2D eigenvalue weighted by atomic mass is 16.7. The lowest BCUT2D eigenvalue weighted by molar-refractivity contribution is -0.181. The number of carbonyl (C=O) groups is 2. The second kappa shape index (κ2) is 32.0. The molecule has 0 aromatic rings. The highest BCUT2D eigenvalue weighted by Crippen LogP contribution is 2.35. The minimum atomic E-state index is -0.433. The summed E-state index contributed by atoms with van der Waals surface area (Å²) in [6.45, 7) is 15.2. The number of ether oxygens (including phenoxy) is 4. The van der Waals surface area contributed by atoms with Crippen LogP contribution in [-0.4, -0.2) is 68.2 Å². The molecule has 0 amide bonds. The molecule has 0 aromatic heterocycles. The Morgan fingerprint density at radius 2 is 1.31 bits per heavy atom. The molecule has 2 rings (SSSR count). The number of hydrogen-bond acceptors (Lipinski definition) is 7. The number of hydrogen-bond donors (Lipinski definition) is 0. The van der Waals surface area contributed by atoms with Crippen molar-refractivity contribution >= 4 is 11.9 Å². The predicted octanol–water partition coefficient (Wildman–Crippen LogP) is 12.0. The van der Waals surface area contributed by atoms with Crippen molar-refractivity contribution in [1.29, 1.82) is 0 Å². The standard InChI is InChI=1S/C47H81NO6/c1-5-8-20-29-42(4)38-45(49)51-36-27-17-13-11-15-23-32-47(53-41-44(54-47)40-48-34-25-19-26-35-48)33-24-16-12-14-18-28-37-52-46(50)39-43(30-21-9-6-2)31-22-10-7-3/h30,42-44H,2,5,7-8,10-20,22-29,31-41H2,1,3-4H3. The first kappa shape index (κ1) is 48.0. The van der Waals surface area contributed by atoms with Gasteiger partial charge in [-0.05, 0) is 88.3 Å². The first-order chi connectivity index (χ1) is 26.4. The predicted molar refractivity (Wildman–Crippen MR) is 221 cm³/mol. The number of rotatable bonds is 33. The van der Waals surface area contributed by atoms with Crippen LogP contribution in [0.25, 0.3) is 0 Å². The highest BCUT2D eigenvalue weighted by Gasteiger charge is 2.41. The van der Waals surface area contributed by atoms with Crippen molar-refractivity contribution < 1.29 is 28.5 Å². The number of esters is 2. The number of nitrogens with zero attached hydrogens (tertiary/aromatic N) is 1. The summed E-state index contributed by atoms with van der Waals surface area (Å²) in [6.07, 6.45) is 31.5. The van der Waals surface area contributed by atoms with Crippen LogP contribution in [0.1, 0.15) is 194 Å². The third-order valence-corrected chi connectivity index (χ3v) is 11.2. The molecule has 54 heavy (non-hydrogen) atoms. The molecule has 0 saturated carbocycles. The van der Waals surface area contributed by atoms with Crippen LogP contribution < -0.4 is 0 Å². The SMILES string of the molecule is C=C=C=C=CC(CCCCC)CC(=O)OCCCCCCCCC1(CCCCCCCCOC(=O)CC(C)CCCCC)OCC(CN2CCCCC2)O1. The highest BCUT2D eigenvalue weighted by molar-refractivity contribution is 5.70.